The maximum absolute atomic E-state index is 2.37. The van der Waals surface area contributed by atoms with Crippen molar-refractivity contribution in [1.29, 1.82) is 0 Å². The molecule has 0 amide bonds. The summed E-state index contributed by atoms with van der Waals surface area (Å²) in [6.45, 7) is 2.37. The van der Waals surface area contributed by atoms with Gasteiger partial charge in [-0.3, -0.25) is 0 Å². The Morgan fingerprint density at radius 3 is 2.25 bits per heavy atom. The summed E-state index contributed by atoms with van der Waals surface area (Å²) in [6, 6.07) is 11.2. The van der Waals surface area contributed by atoms with Gasteiger partial charge in [0.1, 0.15) is 0 Å². The predicted molar refractivity (Wildman–Crippen MR) is 90.2 cm³/mol. The van der Waals surface area contributed by atoms with Crippen LogP contribution in [-0.2, 0) is 20.4 Å². The van der Waals surface area contributed by atoms with Crippen molar-refractivity contribution < 1.29 is 57.7 Å². The van der Waals surface area contributed by atoms with Crippen LogP contribution in [0.5, 0.6) is 0 Å². The molecule has 2 aliphatic carbocycles. The van der Waals surface area contributed by atoms with Gasteiger partial charge in [0, 0.05) is 0 Å². The van der Waals surface area contributed by atoms with E-state index in [2.05, 4.69) is 57.7 Å². The summed E-state index contributed by atoms with van der Waals surface area (Å²) in [6.07, 6.45) is 10.0. The van der Waals surface area contributed by atoms with Gasteiger partial charge in [-0.25, -0.2) is 0 Å². The van der Waals surface area contributed by atoms with Crippen LogP contribution in [-0.4, -0.2) is 9.52 Å². The van der Waals surface area contributed by atoms with Crippen LogP contribution in [0.4, 0.5) is 0 Å². The topological polar surface area (TPSA) is 0 Å². The van der Waals surface area contributed by atoms with Gasteiger partial charge in [-0.1, -0.05) is 0 Å². The molecule has 0 radical (unpaired) electrons. The quantitative estimate of drug-likeness (QED) is 0.416. The Balaban J connectivity index is 0.00000176. The van der Waals surface area contributed by atoms with Crippen LogP contribution in [0, 0.1) is 5.92 Å². The van der Waals surface area contributed by atoms with Crippen molar-refractivity contribution >= 4 is 14.7 Å². The van der Waals surface area contributed by atoms with Crippen molar-refractivity contribution in [3.63, 3.8) is 0 Å². The fourth-order valence-corrected chi connectivity index (χ4v) is 6.58. The molecule has 0 saturated heterocycles. The number of halogens is 3. The fraction of sp³-hybridized carbons (Fsp3) is 0.474. The number of hydrogen-bond acceptors (Lipinski definition) is 0. The Kier molecular flexibility index (Phi) is 12.2. The molecule has 0 nitrogen and oxygen atoms in total. The van der Waals surface area contributed by atoms with E-state index in [1.807, 2.05) is 0 Å². The standard InChI is InChI=1S/C19H25Si.3ClH.Ti/c1-15-12-19(20-18-10-6-3-7-11-18)14-17(15)13-16-8-4-2-5-9-16;;;;/h3,6-7,10-11,16H,2,4-5,8-9,13-14,20H2,1H3;3*1H;/q;;;;+3/p-3. The average Bonchev–Trinajstić information content (AvgIpc) is 2.78. The van der Waals surface area contributed by atoms with Crippen LogP contribution in [0.15, 0.2) is 50.6 Å². The molecule has 0 spiro atoms. The van der Waals surface area contributed by atoms with Gasteiger partial charge in [0.05, 0.1) is 0 Å². The zero-order valence-electron chi connectivity index (χ0n) is 14.3. The van der Waals surface area contributed by atoms with E-state index in [1.54, 1.807) is 25.4 Å². The molecule has 0 heterocycles. The molecule has 1 saturated carbocycles. The van der Waals surface area contributed by atoms with Gasteiger partial charge < -0.3 is 37.2 Å². The predicted octanol–water partition coefficient (Wildman–Crippen LogP) is -5.06. The maximum Gasteiger partial charge on any atom is -1.00 e. The Morgan fingerprint density at radius 2 is 1.62 bits per heavy atom. The zero-order chi connectivity index (χ0) is 14.7. The molecule has 1 fully saturated rings. The van der Waals surface area contributed by atoms with Crippen LogP contribution in [0.2, 0.25) is 0 Å². The number of benzene rings is 1. The number of hydrogen-bond donors (Lipinski definition) is 0. The SMILES string of the molecule is CC1=C(CC2CCCCC2)CC([SiH2]c2ccccc2)=[C]1[Ti+3].[Cl-].[Cl-].[Cl-]. The Bertz CT molecular complexity index is 563. The largest absolute Gasteiger partial charge is 1.00 e. The van der Waals surface area contributed by atoms with Crippen molar-refractivity contribution in [2.45, 2.75) is 51.9 Å². The van der Waals surface area contributed by atoms with E-state index in [1.165, 1.54) is 44.9 Å². The molecule has 24 heavy (non-hydrogen) atoms. The maximum atomic E-state index is 2.37. The summed E-state index contributed by atoms with van der Waals surface area (Å²) in [4.78, 5) is 0. The summed E-state index contributed by atoms with van der Waals surface area (Å²) < 4.78 is 1.64. The van der Waals surface area contributed by atoms with Crippen molar-refractivity contribution in [1.82, 2.24) is 0 Å². The second-order valence-electron chi connectivity index (χ2n) is 6.75. The smallest absolute Gasteiger partial charge is 1.00 e. The third-order valence-corrected chi connectivity index (χ3v) is 8.81. The first-order valence-electron chi connectivity index (χ1n) is 8.40. The first-order valence-corrected chi connectivity index (χ1v) is 10.6. The Morgan fingerprint density at radius 1 is 1.00 bits per heavy atom. The van der Waals surface area contributed by atoms with Crippen molar-refractivity contribution in [3.8, 4) is 0 Å². The summed E-state index contributed by atoms with van der Waals surface area (Å²) in [5.41, 5.74) is 3.41. The van der Waals surface area contributed by atoms with E-state index in [0.29, 0.717) is 0 Å². The van der Waals surface area contributed by atoms with Crippen LogP contribution in [0.1, 0.15) is 51.9 Å². The second-order valence-corrected chi connectivity index (χ2v) is 9.56. The Hall–Kier alpha value is 0.501. The first-order chi connectivity index (χ1) is 10.2. The minimum Gasteiger partial charge on any atom is -1.00 e. The van der Waals surface area contributed by atoms with Gasteiger partial charge in [-0.15, -0.1) is 0 Å². The van der Waals surface area contributed by atoms with Crippen LogP contribution >= 0.6 is 0 Å². The zero-order valence-corrected chi connectivity index (χ0v) is 19.5. The van der Waals surface area contributed by atoms with Gasteiger partial charge in [-0.05, 0) is 0 Å². The van der Waals surface area contributed by atoms with E-state index < -0.39 is 0 Å². The summed E-state index contributed by atoms with van der Waals surface area (Å²) in [5, 5.41) is 3.39. The van der Waals surface area contributed by atoms with Crippen LogP contribution in [0.25, 0.3) is 0 Å². The minimum absolute atomic E-state index is 0. The molecule has 5 heteroatoms. The molecular weight excluding hydrogens is 411 g/mol. The minimum atomic E-state index is -0.246. The molecule has 0 atom stereocenters. The molecule has 0 N–H and O–H groups in total. The molecular formula is C19H25Cl3SiTi. The molecule has 1 aromatic rings. The summed E-state index contributed by atoms with van der Waals surface area (Å²) in [7, 11) is -0.246. The second kappa shape index (κ2) is 12.0. The third-order valence-electron chi connectivity index (χ3n) is 5.21. The fourth-order valence-electron chi connectivity index (χ4n) is 3.88. The van der Waals surface area contributed by atoms with E-state index in [9.17, 15) is 0 Å². The number of allylic oxidation sites excluding steroid dienone is 4. The van der Waals surface area contributed by atoms with E-state index >= 15 is 0 Å². The third kappa shape index (κ3) is 6.34. The summed E-state index contributed by atoms with van der Waals surface area (Å²) >= 11 is 2.37. The number of rotatable bonds is 4. The monoisotopic (exact) mass is 434 g/mol. The van der Waals surface area contributed by atoms with Gasteiger partial charge in [0.15, 0.2) is 0 Å². The summed E-state index contributed by atoms with van der Waals surface area (Å²) in [5.74, 6) is 0.981. The molecule has 3 rings (SSSR count). The van der Waals surface area contributed by atoms with Crippen molar-refractivity contribution in [3.05, 3.63) is 50.6 Å². The van der Waals surface area contributed by atoms with Gasteiger partial charge in [0.25, 0.3) is 0 Å². The van der Waals surface area contributed by atoms with E-state index in [-0.39, 0.29) is 46.7 Å². The molecule has 130 valence electrons. The van der Waals surface area contributed by atoms with Gasteiger partial charge in [-0.2, -0.15) is 0 Å². The average molecular weight is 436 g/mol. The van der Waals surface area contributed by atoms with Gasteiger partial charge >= 0.3 is 143 Å². The van der Waals surface area contributed by atoms with E-state index in [0.717, 1.165) is 5.92 Å². The molecule has 1 aromatic carbocycles. The molecule has 0 aliphatic heterocycles. The molecule has 0 aromatic heterocycles. The van der Waals surface area contributed by atoms with Crippen LogP contribution in [0.3, 0.4) is 0 Å². The van der Waals surface area contributed by atoms with Crippen molar-refractivity contribution in [2.24, 2.45) is 5.92 Å². The Labute approximate surface area is 179 Å². The van der Waals surface area contributed by atoms with Crippen molar-refractivity contribution in [2.75, 3.05) is 0 Å². The molecule has 0 bridgehead atoms. The normalized spacial score (nSPS) is 18.5. The first kappa shape index (κ1) is 24.5. The molecule has 0 unspecified atom stereocenters. The van der Waals surface area contributed by atoms with Gasteiger partial charge in [0.2, 0.25) is 0 Å². The van der Waals surface area contributed by atoms with E-state index in [4.69, 9.17) is 0 Å². The molecule has 2 aliphatic rings. The van der Waals surface area contributed by atoms with Crippen LogP contribution < -0.4 is 42.4 Å².